The lowest BCUT2D eigenvalue weighted by atomic mass is 10.0. The standard InChI is InChI=1S/C19H28N2O2/c1-5-21(6-2)19(22)17(14-20)8-7-13-23-18-11-9-16(10-12-18)15(3)4/h9-12,15,17H,5-8,13H2,1-4H3. The van der Waals surface area contributed by atoms with Crippen molar-refractivity contribution in [2.45, 2.75) is 46.5 Å². The van der Waals surface area contributed by atoms with Gasteiger partial charge in [-0.3, -0.25) is 4.79 Å². The Labute approximate surface area is 140 Å². The lowest BCUT2D eigenvalue weighted by Gasteiger charge is -2.21. The maximum absolute atomic E-state index is 12.2. The lowest BCUT2D eigenvalue weighted by molar-refractivity contribution is -0.133. The zero-order chi connectivity index (χ0) is 17.2. The molecule has 0 aliphatic rings. The van der Waals surface area contributed by atoms with E-state index in [2.05, 4.69) is 32.0 Å². The van der Waals surface area contributed by atoms with Gasteiger partial charge >= 0.3 is 0 Å². The average Bonchev–Trinajstić information content (AvgIpc) is 2.56. The summed E-state index contributed by atoms with van der Waals surface area (Å²) in [5, 5.41) is 9.20. The summed E-state index contributed by atoms with van der Waals surface area (Å²) in [5.41, 5.74) is 1.28. The summed E-state index contributed by atoms with van der Waals surface area (Å²) in [5.74, 6) is 0.699. The predicted molar refractivity (Wildman–Crippen MR) is 92.3 cm³/mol. The molecule has 1 atom stereocenters. The number of nitrogens with zero attached hydrogens (tertiary/aromatic N) is 2. The molecule has 1 amide bonds. The molecule has 0 fully saturated rings. The maximum Gasteiger partial charge on any atom is 0.239 e. The summed E-state index contributed by atoms with van der Waals surface area (Å²) in [7, 11) is 0. The van der Waals surface area contributed by atoms with Crippen molar-refractivity contribution in [1.29, 1.82) is 5.26 Å². The van der Waals surface area contributed by atoms with Gasteiger partial charge in [-0.05, 0) is 50.3 Å². The summed E-state index contributed by atoms with van der Waals surface area (Å²) < 4.78 is 5.69. The smallest absolute Gasteiger partial charge is 0.239 e. The first-order chi connectivity index (χ1) is 11.0. The number of hydrogen-bond acceptors (Lipinski definition) is 3. The number of ether oxygens (including phenoxy) is 1. The Bertz CT molecular complexity index is 513. The SMILES string of the molecule is CCN(CC)C(=O)C(C#N)CCCOc1ccc(C(C)C)cc1. The van der Waals surface area contributed by atoms with Gasteiger partial charge in [-0.25, -0.2) is 0 Å². The van der Waals surface area contributed by atoms with Gasteiger partial charge in [0.1, 0.15) is 11.7 Å². The van der Waals surface area contributed by atoms with Gasteiger partial charge in [0.2, 0.25) is 5.91 Å². The Morgan fingerprint density at radius 1 is 1.22 bits per heavy atom. The molecule has 4 nitrogen and oxygen atoms in total. The molecule has 1 aromatic rings. The maximum atomic E-state index is 12.2. The molecule has 0 N–H and O–H groups in total. The molecule has 4 heteroatoms. The summed E-state index contributed by atoms with van der Waals surface area (Å²) in [6.07, 6.45) is 1.23. The zero-order valence-electron chi connectivity index (χ0n) is 14.7. The minimum atomic E-state index is -0.568. The number of rotatable bonds is 9. The highest BCUT2D eigenvalue weighted by Crippen LogP contribution is 2.19. The number of carbonyl (C=O) groups is 1. The van der Waals surface area contributed by atoms with Gasteiger partial charge in [0, 0.05) is 13.1 Å². The van der Waals surface area contributed by atoms with Crippen molar-refractivity contribution in [3.63, 3.8) is 0 Å². The van der Waals surface area contributed by atoms with Gasteiger partial charge in [0.25, 0.3) is 0 Å². The Kier molecular flexibility index (Phi) is 8.18. The van der Waals surface area contributed by atoms with E-state index in [0.717, 1.165) is 5.75 Å². The molecule has 126 valence electrons. The highest BCUT2D eigenvalue weighted by atomic mass is 16.5. The van der Waals surface area contributed by atoms with Crippen molar-refractivity contribution in [1.82, 2.24) is 4.90 Å². The predicted octanol–water partition coefficient (Wildman–Crippen LogP) is 3.98. The second kappa shape index (κ2) is 9.89. The number of benzene rings is 1. The van der Waals surface area contributed by atoms with Crippen LogP contribution in [0, 0.1) is 17.2 Å². The Hall–Kier alpha value is -2.02. The van der Waals surface area contributed by atoms with Crippen molar-refractivity contribution < 1.29 is 9.53 Å². The van der Waals surface area contributed by atoms with E-state index >= 15 is 0 Å². The topological polar surface area (TPSA) is 53.3 Å². The van der Waals surface area contributed by atoms with Crippen LogP contribution in [0.2, 0.25) is 0 Å². The summed E-state index contributed by atoms with van der Waals surface area (Å²) in [4.78, 5) is 13.9. The Morgan fingerprint density at radius 2 is 1.83 bits per heavy atom. The van der Waals surface area contributed by atoms with Crippen LogP contribution in [-0.4, -0.2) is 30.5 Å². The molecule has 23 heavy (non-hydrogen) atoms. The van der Waals surface area contributed by atoms with E-state index < -0.39 is 5.92 Å². The highest BCUT2D eigenvalue weighted by molar-refractivity contribution is 5.81. The normalized spacial score (nSPS) is 11.8. The lowest BCUT2D eigenvalue weighted by Crippen LogP contribution is -2.35. The van der Waals surface area contributed by atoms with Crippen LogP contribution in [0.4, 0.5) is 0 Å². The minimum Gasteiger partial charge on any atom is -0.494 e. The Balaban J connectivity index is 2.40. The van der Waals surface area contributed by atoms with Crippen LogP contribution in [0.15, 0.2) is 24.3 Å². The summed E-state index contributed by atoms with van der Waals surface area (Å²) >= 11 is 0. The van der Waals surface area contributed by atoms with E-state index in [0.29, 0.717) is 38.5 Å². The van der Waals surface area contributed by atoms with Crippen LogP contribution in [0.25, 0.3) is 0 Å². The molecule has 0 radical (unpaired) electrons. The molecule has 0 spiro atoms. The van der Waals surface area contributed by atoms with Crippen molar-refractivity contribution in [2.24, 2.45) is 5.92 Å². The van der Waals surface area contributed by atoms with E-state index in [1.165, 1.54) is 5.56 Å². The molecule has 0 saturated heterocycles. The fraction of sp³-hybridized carbons (Fsp3) is 0.579. The molecule has 0 aromatic heterocycles. The molecule has 0 aliphatic carbocycles. The first kappa shape index (κ1) is 19.0. The van der Waals surface area contributed by atoms with Crippen LogP contribution in [0.5, 0.6) is 5.75 Å². The van der Waals surface area contributed by atoms with Gasteiger partial charge in [-0.15, -0.1) is 0 Å². The minimum absolute atomic E-state index is 0.0706. The first-order valence-corrected chi connectivity index (χ1v) is 8.44. The fourth-order valence-corrected chi connectivity index (χ4v) is 2.43. The summed E-state index contributed by atoms with van der Waals surface area (Å²) in [6.45, 7) is 9.98. The number of hydrogen-bond donors (Lipinski definition) is 0. The van der Waals surface area contributed by atoms with Gasteiger partial charge in [-0.1, -0.05) is 26.0 Å². The molecule has 1 unspecified atom stereocenters. The fourth-order valence-electron chi connectivity index (χ4n) is 2.43. The van der Waals surface area contributed by atoms with E-state index in [9.17, 15) is 10.1 Å². The third-order valence-electron chi connectivity index (χ3n) is 3.98. The largest absolute Gasteiger partial charge is 0.494 e. The van der Waals surface area contributed by atoms with Gasteiger partial charge in [0.05, 0.1) is 12.7 Å². The zero-order valence-corrected chi connectivity index (χ0v) is 14.7. The van der Waals surface area contributed by atoms with Crippen LogP contribution in [-0.2, 0) is 4.79 Å². The van der Waals surface area contributed by atoms with Crippen molar-refractivity contribution in [3.05, 3.63) is 29.8 Å². The van der Waals surface area contributed by atoms with Crippen molar-refractivity contribution in [2.75, 3.05) is 19.7 Å². The number of amides is 1. The van der Waals surface area contributed by atoms with Gasteiger partial charge in [0.15, 0.2) is 0 Å². The average molecular weight is 316 g/mol. The molecule has 1 aromatic carbocycles. The monoisotopic (exact) mass is 316 g/mol. The van der Waals surface area contributed by atoms with Crippen molar-refractivity contribution in [3.8, 4) is 11.8 Å². The van der Waals surface area contributed by atoms with E-state index in [1.54, 1.807) is 4.90 Å². The molecule has 0 aliphatic heterocycles. The first-order valence-electron chi connectivity index (χ1n) is 8.44. The molecule has 0 bridgehead atoms. The molecular formula is C19H28N2O2. The van der Waals surface area contributed by atoms with Crippen LogP contribution in [0.3, 0.4) is 0 Å². The number of nitriles is 1. The summed E-state index contributed by atoms with van der Waals surface area (Å²) in [6, 6.07) is 10.2. The third-order valence-corrected chi connectivity index (χ3v) is 3.98. The quantitative estimate of drug-likeness (QED) is 0.648. The number of carbonyl (C=O) groups excluding carboxylic acids is 1. The highest BCUT2D eigenvalue weighted by Gasteiger charge is 2.21. The van der Waals surface area contributed by atoms with Crippen LogP contribution < -0.4 is 4.74 Å². The van der Waals surface area contributed by atoms with Crippen molar-refractivity contribution >= 4 is 5.91 Å². The van der Waals surface area contributed by atoms with Crippen LogP contribution >= 0.6 is 0 Å². The second-order valence-electron chi connectivity index (χ2n) is 5.91. The second-order valence-corrected chi connectivity index (χ2v) is 5.91. The van der Waals surface area contributed by atoms with E-state index in [-0.39, 0.29) is 5.91 Å². The van der Waals surface area contributed by atoms with Gasteiger partial charge < -0.3 is 9.64 Å². The van der Waals surface area contributed by atoms with E-state index in [4.69, 9.17) is 4.74 Å². The molecule has 0 saturated carbocycles. The molecule has 1 rings (SSSR count). The van der Waals surface area contributed by atoms with Gasteiger partial charge in [-0.2, -0.15) is 5.26 Å². The molecule has 0 heterocycles. The van der Waals surface area contributed by atoms with Crippen LogP contribution in [0.1, 0.15) is 52.0 Å². The Morgan fingerprint density at radius 3 is 2.30 bits per heavy atom. The van der Waals surface area contributed by atoms with E-state index in [1.807, 2.05) is 26.0 Å². The third kappa shape index (κ3) is 5.94. The molecular weight excluding hydrogens is 288 g/mol.